The summed E-state index contributed by atoms with van der Waals surface area (Å²) >= 11 is 5.38. The Kier molecular flexibility index (Phi) is 5.89. The van der Waals surface area contributed by atoms with E-state index < -0.39 is 6.10 Å². The van der Waals surface area contributed by atoms with Crippen LogP contribution in [0.15, 0.2) is 53.3 Å². The first kappa shape index (κ1) is 19.9. The second kappa shape index (κ2) is 8.57. The standard InChI is InChI=1S/C22H24FN3O2S/c23-17-7-5-15(6-8-17)20(27)16-9-11-25(12-10-16)13-14-26-21(28)18-3-1-2-4-19(18)24-22(26)29/h1-8,16,20,27H,9-14H2,(H,24,29)/t20-/m1/s1. The van der Waals surface area contributed by atoms with E-state index in [1.165, 1.54) is 12.1 Å². The molecule has 1 aromatic heterocycles. The predicted octanol–water partition coefficient (Wildman–Crippen LogP) is 3.64. The molecule has 0 bridgehead atoms. The summed E-state index contributed by atoms with van der Waals surface area (Å²) < 4.78 is 15.2. The van der Waals surface area contributed by atoms with Crippen LogP contribution in [0.1, 0.15) is 24.5 Å². The van der Waals surface area contributed by atoms with E-state index in [4.69, 9.17) is 12.2 Å². The Morgan fingerprint density at radius 3 is 2.52 bits per heavy atom. The molecule has 3 aromatic rings. The predicted molar refractivity (Wildman–Crippen MR) is 114 cm³/mol. The van der Waals surface area contributed by atoms with Gasteiger partial charge in [-0.15, -0.1) is 0 Å². The summed E-state index contributed by atoms with van der Waals surface area (Å²) in [6.45, 7) is 2.96. The Hall–Kier alpha value is -2.35. The number of hydrogen-bond acceptors (Lipinski definition) is 4. The Bertz CT molecular complexity index is 1100. The van der Waals surface area contributed by atoms with Crippen LogP contribution < -0.4 is 5.56 Å². The number of hydrogen-bond donors (Lipinski definition) is 2. The van der Waals surface area contributed by atoms with Gasteiger partial charge in [0.2, 0.25) is 0 Å². The summed E-state index contributed by atoms with van der Waals surface area (Å²) in [6, 6.07) is 13.5. The molecule has 4 rings (SSSR count). The zero-order valence-corrected chi connectivity index (χ0v) is 16.9. The van der Waals surface area contributed by atoms with E-state index in [1.54, 1.807) is 16.7 Å². The first-order valence-corrected chi connectivity index (χ1v) is 10.3. The van der Waals surface area contributed by atoms with Crippen LogP contribution in [0, 0.1) is 16.5 Å². The van der Waals surface area contributed by atoms with Crippen molar-refractivity contribution in [1.82, 2.24) is 14.5 Å². The first-order chi connectivity index (χ1) is 14.0. The molecule has 0 unspecified atom stereocenters. The first-order valence-electron chi connectivity index (χ1n) is 9.90. The number of para-hydroxylation sites is 1. The fraction of sp³-hybridized carbons (Fsp3) is 0.364. The number of halogens is 1. The summed E-state index contributed by atoms with van der Waals surface area (Å²) in [5.74, 6) is -0.138. The van der Waals surface area contributed by atoms with Crippen LogP contribution in [-0.2, 0) is 6.54 Å². The Morgan fingerprint density at radius 2 is 1.79 bits per heavy atom. The molecule has 0 saturated carbocycles. The Labute approximate surface area is 173 Å². The van der Waals surface area contributed by atoms with Crippen LogP contribution in [0.2, 0.25) is 0 Å². The second-order valence-electron chi connectivity index (χ2n) is 7.61. The molecule has 2 aromatic carbocycles. The van der Waals surface area contributed by atoms with Crippen molar-refractivity contribution in [3.8, 4) is 0 Å². The number of aromatic amines is 1. The van der Waals surface area contributed by atoms with Gasteiger partial charge in [-0.05, 0) is 73.9 Å². The Morgan fingerprint density at radius 1 is 1.10 bits per heavy atom. The third kappa shape index (κ3) is 4.32. The molecule has 1 aliphatic rings. The van der Waals surface area contributed by atoms with E-state index in [-0.39, 0.29) is 17.3 Å². The molecule has 152 valence electrons. The number of fused-ring (bicyclic) bond motifs is 1. The molecule has 0 radical (unpaired) electrons. The molecular formula is C22H24FN3O2S. The number of aliphatic hydroxyl groups is 1. The van der Waals surface area contributed by atoms with Crippen molar-refractivity contribution in [3.05, 3.63) is 75.0 Å². The number of nitrogens with one attached hydrogen (secondary N) is 1. The summed E-state index contributed by atoms with van der Waals surface area (Å²) in [5, 5.41) is 11.2. The highest BCUT2D eigenvalue weighted by molar-refractivity contribution is 7.71. The third-order valence-electron chi connectivity index (χ3n) is 5.82. The second-order valence-corrected chi connectivity index (χ2v) is 7.99. The van der Waals surface area contributed by atoms with E-state index in [1.807, 2.05) is 24.3 Å². The number of rotatable bonds is 5. The monoisotopic (exact) mass is 413 g/mol. The zero-order valence-electron chi connectivity index (χ0n) is 16.1. The lowest BCUT2D eigenvalue weighted by Gasteiger charge is -2.34. The van der Waals surface area contributed by atoms with Gasteiger partial charge in [0.15, 0.2) is 4.77 Å². The van der Waals surface area contributed by atoms with Gasteiger partial charge in [0.05, 0.1) is 17.0 Å². The van der Waals surface area contributed by atoms with Gasteiger partial charge in [-0.2, -0.15) is 0 Å². The van der Waals surface area contributed by atoms with Crippen LogP contribution in [0.3, 0.4) is 0 Å². The Balaban J connectivity index is 1.37. The average molecular weight is 414 g/mol. The quantitative estimate of drug-likeness (QED) is 0.627. The highest BCUT2D eigenvalue weighted by Crippen LogP contribution is 2.30. The van der Waals surface area contributed by atoms with Crippen molar-refractivity contribution in [2.75, 3.05) is 19.6 Å². The van der Waals surface area contributed by atoms with Crippen LogP contribution in [0.25, 0.3) is 10.9 Å². The zero-order chi connectivity index (χ0) is 20.4. The van der Waals surface area contributed by atoms with Crippen molar-refractivity contribution < 1.29 is 9.50 Å². The molecule has 5 nitrogen and oxygen atoms in total. The molecule has 1 atom stereocenters. The number of piperidine rings is 1. The minimum absolute atomic E-state index is 0.0639. The lowest BCUT2D eigenvalue weighted by molar-refractivity contribution is 0.0578. The van der Waals surface area contributed by atoms with Crippen LogP contribution >= 0.6 is 12.2 Å². The fourth-order valence-corrected chi connectivity index (χ4v) is 4.35. The number of H-pyrrole nitrogens is 1. The van der Waals surface area contributed by atoms with Crippen molar-refractivity contribution in [2.24, 2.45) is 5.92 Å². The van der Waals surface area contributed by atoms with E-state index in [2.05, 4.69) is 9.88 Å². The molecule has 2 N–H and O–H groups in total. The number of nitrogens with zero attached hydrogens (tertiary/aromatic N) is 2. The van der Waals surface area contributed by atoms with Crippen LogP contribution in [-0.4, -0.2) is 39.2 Å². The molecule has 1 saturated heterocycles. The van der Waals surface area contributed by atoms with Gasteiger partial charge in [-0.25, -0.2) is 4.39 Å². The van der Waals surface area contributed by atoms with E-state index in [0.717, 1.165) is 43.6 Å². The topological polar surface area (TPSA) is 61.3 Å². The minimum Gasteiger partial charge on any atom is -0.388 e. The fourth-order valence-electron chi connectivity index (χ4n) is 4.07. The van der Waals surface area contributed by atoms with Crippen LogP contribution in [0.5, 0.6) is 0 Å². The highest BCUT2D eigenvalue weighted by atomic mass is 32.1. The number of benzene rings is 2. The normalized spacial score (nSPS) is 16.9. The molecule has 29 heavy (non-hydrogen) atoms. The van der Waals surface area contributed by atoms with Crippen LogP contribution in [0.4, 0.5) is 4.39 Å². The summed E-state index contributed by atoms with van der Waals surface area (Å²) in [5.41, 5.74) is 1.46. The molecule has 0 aliphatic carbocycles. The van der Waals surface area contributed by atoms with Crippen molar-refractivity contribution in [2.45, 2.75) is 25.5 Å². The van der Waals surface area contributed by atoms with Crippen molar-refractivity contribution in [3.63, 3.8) is 0 Å². The summed E-state index contributed by atoms with van der Waals surface area (Å²) in [7, 11) is 0. The molecule has 0 amide bonds. The van der Waals surface area contributed by atoms with Gasteiger partial charge in [0.1, 0.15) is 5.82 Å². The third-order valence-corrected chi connectivity index (χ3v) is 6.14. The largest absolute Gasteiger partial charge is 0.388 e. The van der Waals surface area contributed by atoms with Gasteiger partial charge in [0, 0.05) is 13.1 Å². The minimum atomic E-state index is -0.574. The maximum absolute atomic E-state index is 13.1. The number of aromatic nitrogens is 2. The summed E-state index contributed by atoms with van der Waals surface area (Å²) in [6.07, 6.45) is 1.14. The van der Waals surface area contributed by atoms with Gasteiger partial charge in [-0.1, -0.05) is 24.3 Å². The maximum Gasteiger partial charge on any atom is 0.262 e. The highest BCUT2D eigenvalue weighted by Gasteiger charge is 2.26. The summed E-state index contributed by atoms with van der Waals surface area (Å²) in [4.78, 5) is 18.2. The van der Waals surface area contributed by atoms with Crippen molar-refractivity contribution >= 4 is 23.1 Å². The van der Waals surface area contributed by atoms with E-state index >= 15 is 0 Å². The lowest BCUT2D eigenvalue weighted by atomic mass is 9.87. The lowest BCUT2D eigenvalue weighted by Crippen LogP contribution is -2.38. The molecule has 1 aliphatic heterocycles. The number of aliphatic hydroxyl groups excluding tert-OH is 1. The average Bonchev–Trinajstić information content (AvgIpc) is 2.74. The molecule has 2 heterocycles. The van der Waals surface area contributed by atoms with Gasteiger partial charge < -0.3 is 15.0 Å². The molecule has 7 heteroatoms. The van der Waals surface area contributed by atoms with Gasteiger partial charge >= 0.3 is 0 Å². The maximum atomic E-state index is 13.1. The van der Waals surface area contributed by atoms with E-state index in [0.29, 0.717) is 16.7 Å². The molecule has 0 spiro atoms. The van der Waals surface area contributed by atoms with Gasteiger partial charge in [0.25, 0.3) is 5.56 Å². The number of likely N-dealkylation sites (tertiary alicyclic amines) is 1. The molecule has 1 fully saturated rings. The van der Waals surface area contributed by atoms with Gasteiger partial charge in [-0.3, -0.25) is 9.36 Å². The molecular weight excluding hydrogens is 389 g/mol. The SMILES string of the molecule is O=c1c2ccccc2[nH]c(=S)n1CCN1CCC([C@H](O)c2ccc(F)cc2)CC1. The van der Waals surface area contributed by atoms with Crippen molar-refractivity contribution in [1.29, 1.82) is 0 Å². The smallest absolute Gasteiger partial charge is 0.262 e. The van der Waals surface area contributed by atoms with E-state index in [9.17, 15) is 14.3 Å².